The Morgan fingerprint density at radius 1 is 0.333 bits per heavy atom. The zero-order chi connectivity index (χ0) is 39.6. The number of hydrogen-bond acceptors (Lipinski definition) is 1. The molecule has 0 N–H and O–H groups in total. The molecule has 0 spiro atoms. The van der Waals surface area contributed by atoms with E-state index >= 15 is 0 Å². The molecule has 3 aromatic heterocycles. The van der Waals surface area contributed by atoms with Gasteiger partial charge < -0.3 is 8.98 Å². The van der Waals surface area contributed by atoms with Crippen molar-refractivity contribution in [2.75, 3.05) is 0 Å². The van der Waals surface area contributed by atoms with E-state index < -0.39 is 8.07 Å². The minimum absolute atomic E-state index is 0.861. The van der Waals surface area contributed by atoms with Crippen molar-refractivity contribution in [2.45, 2.75) is 0 Å². The summed E-state index contributed by atoms with van der Waals surface area (Å²) in [5.41, 5.74) is 9.73. The predicted molar refractivity (Wildman–Crippen MR) is 254 cm³/mol. The van der Waals surface area contributed by atoms with E-state index in [0.29, 0.717) is 0 Å². The molecule has 3 heterocycles. The second-order valence-electron chi connectivity index (χ2n) is 15.6. The molecule has 12 aromatic rings. The first-order valence-corrected chi connectivity index (χ1v) is 22.6. The Morgan fingerprint density at radius 2 is 0.867 bits per heavy atom. The third-order valence-electron chi connectivity index (χ3n) is 12.5. The lowest BCUT2D eigenvalue weighted by Crippen LogP contribution is -2.74. The highest BCUT2D eigenvalue weighted by molar-refractivity contribution is 7.20. The molecular weight excluding hydrogens is 745 g/mol. The van der Waals surface area contributed by atoms with Crippen molar-refractivity contribution in [1.29, 1.82) is 0 Å². The van der Waals surface area contributed by atoms with Crippen LogP contribution in [0.5, 0.6) is 0 Å². The smallest absolute Gasteiger partial charge is 0.213 e. The maximum Gasteiger partial charge on any atom is 0.213 e. The van der Waals surface area contributed by atoms with E-state index in [2.05, 4.69) is 240 Å². The van der Waals surface area contributed by atoms with Crippen LogP contribution in [0.2, 0.25) is 0 Å². The molecule has 0 aliphatic heterocycles. The maximum absolute atomic E-state index is 6.80. The molecule has 0 saturated carbocycles. The molecule has 0 bridgehead atoms. The number of para-hydroxylation sites is 3. The summed E-state index contributed by atoms with van der Waals surface area (Å²) in [5.74, 6) is 0. The zero-order valence-corrected chi connectivity index (χ0v) is 33.7. The van der Waals surface area contributed by atoms with Gasteiger partial charge in [-0.3, -0.25) is 4.57 Å². The molecule has 0 saturated heterocycles. The molecule has 0 radical (unpaired) electrons. The van der Waals surface area contributed by atoms with Crippen LogP contribution in [0.3, 0.4) is 0 Å². The van der Waals surface area contributed by atoms with E-state index in [1.54, 1.807) is 0 Å². The minimum Gasteiger partial charge on any atom is -0.439 e. The second-order valence-corrected chi connectivity index (χ2v) is 19.4. The highest BCUT2D eigenvalue weighted by Crippen LogP contribution is 2.43. The molecule has 0 aliphatic rings. The summed E-state index contributed by atoms with van der Waals surface area (Å²) in [6.45, 7) is 0. The first-order valence-electron chi connectivity index (χ1n) is 20.6. The molecule has 9 aromatic carbocycles. The maximum atomic E-state index is 6.80. The number of hydrogen-bond donors (Lipinski definition) is 0. The number of benzene rings is 9. The lowest BCUT2D eigenvalue weighted by molar-refractivity contribution is 0.645. The summed E-state index contributed by atoms with van der Waals surface area (Å²) in [6.07, 6.45) is 0. The van der Waals surface area contributed by atoms with Gasteiger partial charge in [-0.25, -0.2) is 0 Å². The van der Waals surface area contributed by atoms with Crippen LogP contribution in [0.25, 0.3) is 77.3 Å². The molecule has 60 heavy (non-hydrogen) atoms. The SMILES string of the molecule is c1ccc(-n2c3ccccc3c3c4c(-c5cccc(-n6c7ccccc7c7cc([Si](c8ccccc8)(c8ccccc8)c8ccccc8)ccc76)c5)cccc4oc32)cc1. The molecule has 0 fully saturated rings. The summed E-state index contributed by atoms with van der Waals surface area (Å²) < 4.78 is 11.5. The highest BCUT2D eigenvalue weighted by Gasteiger charge is 2.41. The van der Waals surface area contributed by atoms with Gasteiger partial charge in [0.05, 0.1) is 21.9 Å². The fourth-order valence-corrected chi connectivity index (χ4v) is 14.7. The Balaban J connectivity index is 1.08. The van der Waals surface area contributed by atoms with E-state index in [1.165, 1.54) is 47.9 Å². The third-order valence-corrected chi connectivity index (χ3v) is 17.2. The average Bonchev–Trinajstić information content (AvgIpc) is 3.97. The van der Waals surface area contributed by atoms with Crippen molar-refractivity contribution in [3.63, 3.8) is 0 Å². The van der Waals surface area contributed by atoms with Crippen LogP contribution in [0.15, 0.2) is 235 Å². The molecule has 0 amide bonds. The lowest BCUT2D eigenvalue weighted by Gasteiger charge is -2.34. The van der Waals surface area contributed by atoms with E-state index in [4.69, 9.17) is 4.42 Å². The Hall–Kier alpha value is -7.66. The molecule has 12 rings (SSSR count). The lowest BCUT2D eigenvalue weighted by atomic mass is 9.98. The van der Waals surface area contributed by atoms with Crippen molar-refractivity contribution >= 4 is 83.6 Å². The Bertz CT molecular complexity index is 3430. The van der Waals surface area contributed by atoms with Crippen molar-refractivity contribution in [3.8, 4) is 22.5 Å². The normalized spacial score (nSPS) is 12.0. The van der Waals surface area contributed by atoms with Crippen LogP contribution in [-0.4, -0.2) is 17.2 Å². The summed E-state index contributed by atoms with van der Waals surface area (Å²) in [4.78, 5) is 0. The third kappa shape index (κ3) is 5.08. The molecular formula is C56H38N2OSi. The summed E-state index contributed by atoms with van der Waals surface area (Å²) in [6, 6.07) is 84.3. The quantitative estimate of drug-likeness (QED) is 0.117. The molecule has 3 nitrogen and oxygen atoms in total. The van der Waals surface area contributed by atoms with Gasteiger partial charge in [-0.05, 0) is 80.4 Å². The Morgan fingerprint density at radius 3 is 1.53 bits per heavy atom. The number of rotatable bonds is 7. The second kappa shape index (κ2) is 13.7. The van der Waals surface area contributed by atoms with Gasteiger partial charge in [0.2, 0.25) is 5.71 Å². The largest absolute Gasteiger partial charge is 0.439 e. The van der Waals surface area contributed by atoms with Gasteiger partial charge in [0.25, 0.3) is 0 Å². The van der Waals surface area contributed by atoms with E-state index in [1.807, 2.05) is 0 Å². The van der Waals surface area contributed by atoms with Gasteiger partial charge in [0.1, 0.15) is 5.58 Å². The van der Waals surface area contributed by atoms with Crippen LogP contribution in [0, 0.1) is 0 Å². The first-order chi connectivity index (χ1) is 29.8. The fourth-order valence-electron chi connectivity index (χ4n) is 9.97. The number of nitrogens with zero attached hydrogens (tertiary/aromatic N) is 2. The first kappa shape index (κ1) is 34.4. The van der Waals surface area contributed by atoms with E-state index in [-0.39, 0.29) is 0 Å². The van der Waals surface area contributed by atoms with Gasteiger partial charge in [0.15, 0.2) is 8.07 Å². The Kier molecular flexibility index (Phi) is 7.87. The van der Waals surface area contributed by atoms with Crippen LogP contribution in [-0.2, 0) is 0 Å². The van der Waals surface area contributed by atoms with Crippen molar-refractivity contribution in [1.82, 2.24) is 9.13 Å². The molecule has 4 heteroatoms. The van der Waals surface area contributed by atoms with Crippen LogP contribution < -0.4 is 20.7 Å². The molecule has 0 aliphatic carbocycles. The predicted octanol–water partition coefficient (Wildman–Crippen LogP) is 11.7. The molecule has 0 atom stereocenters. The zero-order valence-electron chi connectivity index (χ0n) is 32.7. The standard InChI is InChI=1S/C56H38N2OSi/c1-5-20-40(21-6-1)58-51-33-16-14-30-48(51)55-54-46(31-18-34-53(54)59-56(55)58)39-19-17-22-41(37-39)57-50-32-15-13-29-47(50)49-38-45(35-36-52(49)57)60(42-23-7-2-8-24-42,43-25-9-3-10-26-43)44-27-11-4-12-28-44/h1-38H. The fraction of sp³-hybridized carbons (Fsp3) is 0. The van der Waals surface area contributed by atoms with Crippen molar-refractivity contribution in [3.05, 3.63) is 231 Å². The van der Waals surface area contributed by atoms with Crippen LogP contribution >= 0.6 is 0 Å². The van der Waals surface area contributed by atoms with Crippen LogP contribution in [0.4, 0.5) is 0 Å². The van der Waals surface area contributed by atoms with E-state index in [9.17, 15) is 0 Å². The van der Waals surface area contributed by atoms with Gasteiger partial charge in [-0.15, -0.1) is 0 Å². The van der Waals surface area contributed by atoms with Crippen molar-refractivity contribution in [2.24, 2.45) is 0 Å². The highest BCUT2D eigenvalue weighted by atomic mass is 28.3. The van der Waals surface area contributed by atoms with Gasteiger partial charge >= 0.3 is 0 Å². The number of fused-ring (bicyclic) bond motifs is 8. The van der Waals surface area contributed by atoms with Gasteiger partial charge in [-0.2, -0.15) is 0 Å². The number of aromatic nitrogens is 2. The average molecular weight is 783 g/mol. The molecule has 0 unspecified atom stereocenters. The minimum atomic E-state index is -2.73. The Labute approximate surface area is 348 Å². The van der Waals surface area contributed by atoms with E-state index in [0.717, 1.165) is 50.1 Å². The molecule has 282 valence electrons. The van der Waals surface area contributed by atoms with Crippen molar-refractivity contribution < 1.29 is 4.42 Å². The topological polar surface area (TPSA) is 23.0 Å². The summed E-state index contributed by atoms with van der Waals surface area (Å²) in [7, 11) is -2.73. The number of furan rings is 1. The van der Waals surface area contributed by atoms with Gasteiger partial charge in [0, 0.05) is 32.9 Å². The summed E-state index contributed by atoms with van der Waals surface area (Å²) in [5, 5.41) is 11.4. The monoisotopic (exact) mass is 782 g/mol. The summed E-state index contributed by atoms with van der Waals surface area (Å²) >= 11 is 0. The van der Waals surface area contributed by atoms with Crippen LogP contribution in [0.1, 0.15) is 0 Å². The van der Waals surface area contributed by atoms with Gasteiger partial charge in [-0.1, -0.05) is 182 Å².